The van der Waals surface area contributed by atoms with Gasteiger partial charge in [-0.25, -0.2) is 10.9 Å². The highest BCUT2D eigenvalue weighted by molar-refractivity contribution is 6.31. The Hall–Kier alpha value is -1.63. The van der Waals surface area contributed by atoms with Crippen molar-refractivity contribution in [1.82, 2.24) is 16.2 Å². The molecule has 1 amide bonds. The first-order chi connectivity index (χ1) is 11.5. The Balaban J connectivity index is 1.64. The first kappa shape index (κ1) is 17.2. The molecule has 2 atom stereocenters. The average molecular weight is 352 g/mol. The van der Waals surface area contributed by atoms with Gasteiger partial charge in [0.1, 0.15) is 6.04 Å². The maximum Gasteiger partial charge on any atom is 0.305 e. The van der Waals surface area contributed by atoms with Crippen molar-refractivity contribution >= 4 is 23.5 Å². The summed E-state index contributed by atoms with van der Waals surface area (Å²) in [6, 6.07) is 7.09. The summed E-state index contributed by atoms with van der Waals surface area (Å²) in [6.07, 6.45) is 3.89. The molecule has 2 unspecified atom stereocenters. The van der Waals surface area contributed by atoms with Crippen LogP contribution in [0.5, 0.6) is 0 Å². The van der Waals surface area contributed by atoms with Crippen molar-refractivity contribution < 1.29 is 14.7 Å². The fourth-order valence-electron chi connectivity index (χ4n) is 3.73. The summed E-state index contributed by atoms with van der Waals surface area (Å²) in [5.41, 5.74) is 6.46. The quantitative estimate of drug-likeness (QED) is 0.652. The maximum atomic E-state index is 12.6. The number of amides is 1. The first-order valence-corrected chi connectivity index (χ1v) is 8.66. The number of rotatable bonds is 5. The first-order valence-electron chi connectivity index (χ1n) is 8.28. The summed E-state index contributed by atoms with van der Waals surface area (Å²) in [4.78, 5) is 23.8. The molecule has 4 N–H and O–H groups in total. The van der Waals surface area contributed by atoms with Gasteiger partial charge in [0.25, 0.3) is 0 Å². The van der Waals surface area contributed by atoms with E-state index in [0.29, 0.717) is 11.4 Å². The van der Waals surface area contributed by atoms with Crippen molar-refractivity contribution in [2.45, 2.75) is 56.1 Å². The van der Waals surface area contributed by atoms with Crippen LogP contribution in [0.1, 0.15) is 50.1 Å². The molecule has 2 aliphatic rings. The van der Waals surface area contributed by atoms with Crippen LogP contribution in [0.2, 0.25) is 5.02 Å². The van der Waals surface area contributed by atoms with Crippen LogP contribution < -0.4 is 16.2 Å². The Morgan fingerprint density at radius 2 is 1.96 bits per heavy atom. The molecule has 0 aromatic heterocycles. The van der Waals surface area contributed by atoms with Gasteiger partial charge in [0.2, 0.25) is 5.91 Å². The number of benzene rings is 1. The summed E-state index contributed by atoms with van der Waals surface area (Å²) in [5, 5.41) is 12.8. The van der Waals surface area contributed by atoms with Gasteiger partial charge in [-0.2, -0.15) is 0 Å². The fourth-order valence-corrected chi connectivity index (χ4v) is 3.99. The second kappa shape index (κ2) is 7.09. The SMILES string of the molecule is O=C(O)CC1(NC(=O)C2CC(c3ccccc3Cl)NN2)CCCC1. The van der Waals surface area contributed by atoms with Crippen LogP contribution in [-0.2, 0) is 9.59 Å². The largest absolute Gasteiger partial charge is 0.481 e. The topological polar surface area (TPSA) is 90.5 Å². The van der Waals surface area contributed by atoms with Crippen LogP contribution in [0.3, 0.4) is 0 Å². The average Bonchev–Trinajstić information content (AvgIpc) is 3.17. The highest BCUT2D eigenvalue weighted by Gasteiger charge is 2.40. The molecule has 1 aliphatic carbocycles. The van der Waals surface area contributed by atoms with E-state index in [1.807, 2.05) is 24.3 Å². The number of hydrazine groups is 1. The molecule has 7 heteroatoms. The molecule has 130 valence electrons. The van der Waals surface area contributed by atoms with E-state index in [-0.39, 0.29) is 18.4 Å². The van der Waals surface area contributed by atoms with Crippen molar-refractivity contribution in [2.75, 3.05) is 0 Å². The minimum atomic E-state index is -0.872. The molecule has 0 spiro atoms. The lowest BCUT2D eigenvalue weighted by Gasteiger charge is -2.30. The predicted octanol–water partition coefficient (Wildman–Crippen LogP) is 2.15. The molecular weight excluding hydrogens is 330 g/mol. The summed E-state index contributed by atoms with van der Waals surface area (Å²) >= 11 is 6.21. The summed E-state index contributed by atoms with van der Waals surface area (Å²) < 4.78 is 0. The summed E-state index contributed by atoms with van der Waals surface area (Å²) in [6.45, 7) is 0. The standard InChI is InChI=1S/C17H22ClN3O3/c18-12-6-2-1-5-11(12)13-9-14(21-20-13)16(24)19-17(10-15(22)23)7-3-4-8-17/h1-2,5-6,13-14,20-21H,3-4,7-10H2,(H,19,24)(H,22,23). The third kappa shape index (κ3) is 3.71. The smallest absolute Gasteiger partial charge is 0.305 e. The molecule has 1 aromatic rings. The van der Waals surface area contributed by atoms with Crippen LogP contribution in [0.4, 0.5) is 0 Å². The van der Waals surface area contributed by atoms with Crippen LogP contribution in [0, 0.1) is 0 Å². The van der Waals surface area contributed by atoms with Crippen molar-refractivity contribution in [1.29, 1.82) is 0 Å². The summed E-state index contributed by atoms with van der Waals surface area (Å²) in [7, 11) is 0. The Morgan fingerprint density at radius 1 is 1.25 bits per heavy atom. The van der Waals surface area contributed by atoms with E-state index in [9.17, 15) is 9.59 Å². The summed E-state index contributed by atoms with van der Waals surface area (Å²) in [5.74, 6) is -1.02. The lowest BCUT2D eigenvalue weighted by molar-refractivity contribution is -0.139. The van der Waals surface area contributed by atoms with E-state index >= 15 is 0 Å². The van der Waals surface area contributed by atoms with Crippen LogP contribution >= 0.6 is 11.6 Å². The van der Waals surface area contributed by atoms with Gasteiger partial charge in [0.05, 0.1) is 12.0 Å². The van der Waals surface area contributed by atoms with Gasteiger partial charge in [-0.05, 0) is 30.9 Å². The van der Waals surface area contributed by atoms with Crippen LogP contribution in [0.25, 0.3) is 0 Å². The van der Waals surface area contributed by atoms with E-state index in [4.69, 9.17) is 16.7 Å². The molecule has 1 heterocycles. The normalized spacial score (nSPS) is 25.5. The lowest BCUT2D eigenvalue weighted by atomic mass is 9.92. The van der Waals surface area contributed by atoms with Crippen LogP contribution in [0.15, 0.2) is 24.3 Å². The Bertz CT molecular complexity index is 631. The van der Waals surface area contributed by atoms with Gasteiger partial charge in [-0.3, -0.25) is 9.59 Å². The minimum absolute atomic E-state index is 0.0210. The lowest BCUT2D eigenvalue weighted by Crippen LogP contribution is -2.53. The van der Waals surface area contributed by atoms with Crippen molar-refractivity contribution in [2.24, 2.45) is 0 Å². The molecule has 0 radical (unpaired) electrons. The third-order valence-corrected chi connectivity index (χ3v) is 5.28. The Morgan fingerprint density at radius 3 is 2.62 bits per heavy atom. The fraction of sp³-hybridized carbons (Fsp3) is 0.529. The highest BCUT2D eigenvalue weighted by atomic mass is 35.5. The zero-order valence-electron chi connectivity index (χ0n) is 13.3. The number of carboxylic acid groups (broad SMARTS) is 1. The van der Waals surface area contributed by atoms with Gasteiger partial charge in [-0.15, -0.1) is 0 Å². The number of carboxylic acids is 1. The molecule has 1 saturated heterocycles. The molecule has 3 rings (SSSR count). The highest BCUT2D eigenvalue weighted by Crippen LogP contribution is 2.33. The zero-order chi connectivity index (χ0) is 17.2. The number of nitrogens with one attached hydrogen (secondary N) is 3. The molecule has 6 nitrogen and oxygen atoms in total. The number of carbonyl (C=O) groups excluding carboxylic acids is 1. The van der Waals surface area contributed by atoms with Crippen molar-refractivity contribution in [3.05, 3.63) is 34.9 Å². The molecular formula is C17H22ClN3O3. The minimum Gasteiger partial charge on any atom is -0.481 e. The monoisotopic (exact) mass is 351 g/mol. The number of carbonyl (C=O) groups is 2. The van der Waals surface area contributed by atoms with Crippen molar-refractivity contribution in [3.63, 3.8) is 0 Å². The number of hydrogen-bond acceptors (Lipinski definition) is 4. The van der Waals surface area contributed by atoms with E-state index in [1.165, 1.54) is 0 Å². The van der Waals surface area contributed by atoms with E-state index < -0.39 is 17.6 Å². The Kier molecular flexibility index (Phi) is 5.08. The van der Waals surface area contributed by atoms with Crippen LogP contribution in [-0.4, -0.2) is 28.6 Å². The van der Waals surface area contributed by atoms with Gasteiger partial charge >= 0.3 is 5.97 Å². The van der Waals surface area contributed by atoms with Gasteiger partial charge in [0, 0.05) is 11.1 Å². The maximum absolute atomic E-state index is 12.6. The molecule has 1 aliphatic heterocycles. The predicted molar refractivity (Wildman–Crippen MR) is 90.5 cm³/mol. The molecule has 1 aromatic carbocycles. The van der Waals surface area contributed by atoms with Gasteiger partial charge in [0.15, 0.2) is 0 Å². The molecule has 0 bridgehead atoms. The van der Waals surface area contributed by atoms with E-state index in [0.717, 1.165) is 31.2 Å². The number of aliphatic carboxylic acids is 1. The third-order valence-electron chi connectivity index (χ3n) is 4.94. The number of hydrogen-bond donors (Lipinski definition) is 4. The van der Waals surface area contributed by atoms with Gasteiger partial charge < -0.3 is 10.4 Å². The molecule has 1 saturated carbocycles. The molecule has 2 fully saturated rings. The van der Waals surface area contributed by atoms with E-state index in [1.54, 1.807) is 0 Å². The number of halogens is 1. The Labute approximate surface area is 145 Å². The molecule has 24 heavy (non-hydrogen) atoms. The second-order valence-corrected chi connectivity index (χ2v) is 7.11. The zero-order valence-corrected chi connectivity index (χ0v) is 14.1. The second-order valence-electron chi connectivity index (χ2n) is 6.70. The van der Waals surface area contributed by atoms with Gasteiger partial charge in [-0.1, -0.05) is 42.6 Å². The van der Waals surface area contributed by atoms with E-state index in [2.05, 4.69) is 16.2 Å². The van der Waals surface area contributed by atoms with Crippen molar-refractivity contribution in [3.8, 4) is 0 Å².